The highest BCUT2D eigenvalue weighted by Crippen LogP contribution is 2.43. The number of fused-ring (bicyclic) bond motifs is 10. The fourth-order valence-corrected chi connectivity index (χ4v) is 10.6. The molecule has 0 saturated carbocycles. The molecule has 6 nitrogen and oxygen atoms in total. The van der Waals surface area contributed by atoms with E-state index >= 15 is 0 Å². The second kappa shape index (κ2) is 15.8. The van der Waals surface area contributed by atoms with E-state index < -0.39 is 0 Å². The zero-order chi connectivity index (χ0) is 46.3. The van der Waals surface area contributed by atoms with Crippen LogP contribution in [-0.2, 0) is 0 Å². The van der Waals surface area contributed by atoms with Crippen molar-refractivity contribution in [3.8, 4) is 55.9 Å². The first-order valence-electron chi connectivity index (χ1n) is 23.5. The molecule has 0 fully saturated rings. The topological polar surface area (TPSA) is 61.4 Å². The van der Waals surface area contributed by atoms with E-state index in [0.29, 0.717) is 0 Å². The molecule has 0 aliphatic heterocycles. The maximum Gasteiger partial charge on any atom is 0.153 e. The van der Waals surface area contributed by atoms with Gasteiger partial charge in [0.1, 0.15) is 28.6 Å². The predicted octanol–water partition coefficient (Wildman–Crippen LogP) is 17.5. The van der Waals surface area contributed by atoms with E-state index in [0.717, 1.165) is 106 Å². The Bertz CT molecular complexity index is 4430. The first-order valence-corrected chi connectivity index (χ1v) is 23.5. The second-order valence-electron chi connectivity index (χ2n) is 17.8. The molecule has 328 valence electrons. The van der Waals surface area contributed by atoms with Gasteiger partial charge in [-0.05, 0) is 154 Å². The minimum absolute atomic E-state index is 0.781. The van der Waals surface area contributed by atoms with Gasteiger partial charge in [-0.2, -0.15) is 0 Å². The van der Waals surface area contributed by atoms with Crippen molar-refractivity contribution in [2.24, 2.45) is 4.99 Å². The van der Waals surface area contributed by atoms with Crippen LogP contribution >= 0.6 is 0 Å². The Morgan fingerprint density at radius 1 is 0.414 bits per heavy atom. The van der Waals surface area contributed by atoms with Crippen LogP contribution in [0.25, 0.3) is 133 Å². The molecule has 0 spiro atoms. The summed E-state index contributed by atoms with van der Waals surface area (Å²) in [5, 5.41) is 6.70. The van der Waals surface area contributed by atoms with Crippen LogP contribution in [0.5, 0.6) is 0 Å². The van der Waals surface area contributed by atoms with E-state index in [4.69, 9.17) is 8.83 Å². The summed E-state index contributed by atoms with van der Waals surface area (Å²) >= 11 is 0. The minimum Gasteiger partial charge on any atom is -0.462 e. The van der Waals surface area contributed by atoms with Crippen molar-refractivity contribution < 1.29 is 8.83 Å². The van der Waals surface area contributed by atoms with Crippen LogP contribution in [0.3, 0.4) is 0 Å². The van der Waals surface area contributed by atoms with Gasteiger partial charge < -0.3 is 18.0 Å². The average Bonchev–Trinajstić information content (AvgIpc) is 4.19. The van der Waals surface area contributed by atoms with Gasteiger partial charge in [-0.1, -0.05) is 110 Å². The van der Waals surface area contributed by atoms with E-state index in [1.165, 1.54) is 32.7 Å². The van der Waals surface area contributed by atoms with Gasteiger partial charge in [0.25, 0.3) is 0 Å². The van der Waals surface area contributed by atoms with E-state index in [2.05, 4.69) is 214 Å². The molecule has 0 unspecified atom stereocenters. The lowest BCUT2D eigenvalue weighted by molar-refractivity contribution is 0.616. The van der Waals surface area contributed by atoms with Crippen molar-refractivity contribution >= 4 is 88.6 Å². The molecule has 14 rings (SSSR count). The molecule has 0 saturated heterocycles. The van der Waals surface area contributed by atoms with Gasteiger partial charge in [0.05, 0.1) is 22.1 Å². The third kappa shape index (κ3) is 6.27. The van der Waals surface area contributed by atoms with Crippen molar-refractivity contribution in [2.75, 3.05) is 0 Å². The first kappa shape index (κ1) is 39.6. The van der Waals surface area contributed by atoms with Crippen molar-refractivity contribution in [1.82, 2.24) is 14.1 Å². The zero-order valence-corrected chi connectivity index (χ0v) is 37.8. The molecule has 0 atom stereocenters. The molecule has 0 radical (unpaired) electrons. The van der Waals surface area contributed by atoms with E-state index in [-0.39, 0.29) is 0 Å². The summed E-state index contributed by atoms with van der Waals surface area (Å²) in [7, 11) is 0. The number of rotatable bonds is 8. The van der Waals surface area contributed by atoms with Crippen molar-refractivity contribution in [3.63, 3.8) is 0 Å². The number of aliphatic imine (C=N–C) groups is 1. The molecule has 5 heterocycles. The van der Waals surface area contributed by atoms with Crippen molar-refractivity contribution in [1.29, 1.82) is 0 Å². The SMILES string of the molecule is C=CC=Nc1coc2ccc(-c3ccc4c(c3)c3cc(-c5ccccc5-c5ccc6c(c5)c5cc(-c7ccc8oc9cccnc9c8c7)ccc5n6-c5ccccc5)ccc3n4-c3ccccc3)cc12. The number of allylic oxidation sites excluding steroid dienone is 1. The second-order valence-corrected chi connectivity index (χ2v) is 17.8. The van der Waals surface area contributed by atoms with E-state index in [1.54, 1.807) is 18.6 Å². The number of hydrogen-bond acceptors (Lipinski definition) is 4. The maximum atomic E-state index is 6.15. The van der Waals surface area contributed by atoms with Gasteiger partial charge in [-0.15, -0.1) is 0 Å². The Morgan fingerprint density at radius 3 is 1.41 bits per heavy atom. The van der Waals surface area contributed by atoms with E-state index in [9.17, 15) is 0 Å². The Balaban J connectivity index is 0.931. The van der Waals surface area contributed by atoms with Crippen LogP contribution < -0.4 is 0 Å². The maximum absolute atomic E-state index is 6.15. The van der Waals surface area contributed by atoms with Crippen LogP contribution in [-0.4, -0.2) is 20.3 Å². The number of para-hydroxylation sites is 2. The van der Waals surface area contributed by atoms with Crippen LogP contribution in [0.15, 0.2) is 245 Å². The fourth-order valence-electron chi connectivity index (χ4n) is 10.6. The molecule has 0 aliphatic rings. The molecule has 9 aromatic carbocycles. The van der Waals surface area contributed by atoms with Crippen molar-refractivity contribution in [3.05, 3.63) is 231 Å². The summed E-state index contributed by atoms with van der Waals surface area (Å²) < 4.78 is 16.8. The third-order valence-corrected chi connectivity index (χ3v) is 13.9. The number of benzene rings is 9. The molecule has 14 aromatic rings. The normalized spacial score (nSPS) is 12.0. The van der Waals surface area contributed by atoms with Crippen LogP contribution in [0.1, 0.15) is 0 Å². The fraction of sp³-hybridized carbons (Fsp3) is 0. The molecule has 0 bridgehead atoms. The van der Waals surface area contributed by atoms with Crippen LogP contribution in [0, 0.1) is 0 Å². The molecule has 70 heavy (non-hydrogen) atoms. The first-order chi connectivity index (χ1) is 34.6. The lowest BCUT2D eigenvalue weighted by Gasteiger charge is -2.12. The standard InChI is InChI=1S/C64H40N4O2/c1-2-31-65-56-39-69-61-29-23-42(35-54(56)61)40-19-25-57-50(33-40)52-37-44(21-27-59(52)67(57)46-12-5-3-6-13-46)48-16-9-10-17-49(48)45-22-28-60-53(38-45)51-34-41(20-26-58(51)68(60)47-14-7-4-8-15-47)43-24-30-62-55(36-43)64-63(70-62)18-11-32-66-64/h2-39H,1H2. The molecule has 5 aromatic heterocycles. The highest BCUT2D eigenvalue weighted by Gasteiger charge is 2.20. The van der Waals surface area contributed by atoms with Crippen LogP contribution in [0.2, 0.25) is 0 Å². The van der Waals surface area contributed by atoms with Gasteiger partial charge >= 0.3 is 0 Å². The van der Waals surface area contributed by atoms with Gasteiger partial charge in [0.2, 0.25) is 0 Å². The molecule has 6 heteroatoms. The molecule has 0 N–H and O–H groups in total. The number of hydrogen-bond donors (Lipinski definition) is 0. The molecular formula is C64H40N4O2. The van der Waals surface area contributed by atoms with Gasteiger partial charge in [-0.25, -0.2) is 0 Å². The lowest BCUT2D eigenvalue weighted by atomic mass is 9.92. The summed E-state index contributed by atoms with van der Waals surface area (Å²) in [5.74, 6) is 0. The highest BCUT2D eigenvalue weighted by molar-refractivity contribution is 6.14. The monoisotopic (exact) mass is 896 g/mol. The quantitative estimate of drug-likeness (QED) is 0.143. The lowest BCUT2D eigenvalue weighted by Crippen LogP contribution is -1.93. The van der Waals surface area contributed by atoms with Crippen LogP contribution in [0.4, 0.5) is 5.69 Å². The van der Waals surface area contributed by atoms with Gasteiger partial charge in [0, 0.05) is 56.1 Å². The zero-order valence-electron chi connectivity index (χ0n) is 37.8. The number of furan rings is 2. The smallest absolute Gasteiger partial charge is 0.153 e. The van der Waals surface area contributed by atoms with Gasteiger partial charge in [-0.3, -0.25) is 9.98 Å². The van der Waals surface area contributed by atoms with Gasteiger partial charge in [0.15, 0.2) is 5.58 Å². The summed E-state index contributed by atoms with van der Waals surface area (Å²) in [6, 6.07) is 74.3. The predicted molar refractivity (Wildman–Crippen MR) is 290 cm³/mol. The Morgan fingerprint density at radius 2 is 0.871 bits per heavy atom. The summed E-state index contributed by atoms with van der Waals surface area (Å²) in [4.78, 5) is 9.23. The summed E-state index contributed by atoms with van der Waals surface area (Å²) in [6.07, 6.45) is 6.90. The average molecular weight is 897 g/mol. The summed E-state index contributed by atoms with van der Waals surface area (Å²) in [5.41, 5.74) is 20.0. The summed E-state index contributed by atoms with van der Waals surface area (Å²) in [6.45, 7) is 3.80. The number of nitrogens with zero attached hydrogens (tertiary/aromatic N) is 4. The van der Waals surface area contributed by atoms with Crippen molar-refractivity contribution in [2.45, 2.75) is 0 Å². The molecule has 0 aliphatic carbocycles. The Kier molecular flexibility index (Phi) is 8.94. The minimum atomic E-state index is 0.781. The number of pyridine rings is 1. The highest BCUT2D eigenvalue weighted by atomic mass is 16.3. The molecular weight excluding hydrogens is 857 g/mol. The third-order valence-electron chi connectivity index (χ3n) is 13.9. The Labute approximate surface area is 401 Å². The molecule has 0 amide bonds. The number of aromatic nitrogens is 3. The Hall–Kier alpha value is -9.52. The largest absolute Gasteiger partial charge is 0.462 e. The van der Waals surface area contributed by atoms with E-state index in [1.807, 2.05) is 24.4 Å².